The van der Waals surface area contributed by atoms with E-state index < -0.39 is 0 Å². The Kier molecular flexibility index (Phi) is 1.35. The van der Waals surface area contributed by atoms with Crippen molar-refractivity contribution < 1.29 is 0 Å². The molecule has 5 nitrogen and oxygen atoms in total. The lowest BCUT2D eigenvalue weighted by molar-refractivity contribution is 1.15. The fourth-order valence-corrected chi connectivity index (χ4v) is 0.410. The summed E-state index contributed by atoms with van der Waals surface area (Å²) in [6, 6.07) is 0. The number of nitrogen functional groups attached to an aromatic ring is 1. The zero-order valence-electron chi connectivity index (χ0n) is 4.48. The molecule has 1 heterocycles. The molecule has 0 atom stereocenters. The van der Waals surface area contributed by atoms with Gasteiger partial charge in [-0.1, -0.05) is 0 Å². The number of nitroso groups, excluding NO2 is 1. The molecule has 0 aromatic carbocycles. The lowest BCUT2D eigenvalue weighted by Crippen LogP contribution is -1.87. The van der Waals surface area contributed by atoms with E-state index in [0.717, 1.165) is 0 Å². The third kappa shape index (κ3) is 0.987. The second-order valence-corrected chi connectivity index (χ2v) is 1.39. The summed E-state index contributed by atoms with van der Waals surface area (Å²) < 4.78 is 0. The number of nitrogens with zero attached hydrogens (tertiary/aromatic N) is 3. The van der Waals surface area contributed by atoms with Gasteiger partial charge in [-0.25, -0.2) is 9.97 Å². The Morgan fingerprint density at radius 3 is 2.89 bits per heavy atom. The molecular weight excluding hydrogens is 120 g/mol. The largest absolute Gasteiger partial charge is 0.394 e. The predicted octanol–water partition coefficient (Wildman–Crippen LogP) is 0.457. The van der Waals surface area contributed by atoms with Crippen LogP contribution >= 0.6 is 0 Å². The molecule has 46 valence electrons. The van der Waals surface area contributed by atoms with E-state index in [0.29, 0.717) is 0 Å². The second kappa shape index (κ2) is 2.17. The fourth-order valence-electron chi connectivity index (χ4n) is 0.410. The van der Waals surface area contributed by atoms with Crippen molar-refractivity contribution in [1.29, 1.82) is 0 Å². The molecule has 5 heteroatoms. The van der Waals surface area contributed by atoms with E-state index in [1.807, 2.05) is 0 Å². The predicted molar refractivity (Wildman–Crippen MR) is 31.9 cm³/mol. The Labute approximate surface area is 50.9 Å². The number of rotatable bonds is 1. The average molecular weight is 124 g/mol. The van der Waals surface area contributed by atoms with Crippen LogP contribution in [0.3, 0.4) is 0 Å². The van der Waals surface area contributed by atoms with Crippen molar-refractivity contribution in [2.75, 3.05) is 5.73 Å². The van der Waals surface area contributed by atoms with Crippen LogP contribution < -0.4 is 5.73 Å². The monoisotopic (exact) mass is 124 g/mol. The minimum Gasteiger partial charge on any atom is -0.394 e. The number of aromatic nitrogens is 2. The van der Waals surface area contributed by atoms with Crippen molar-refractivity contribution in [3.63, 3.8) is 0 Å². The van der Waals surface area contributed by atoms with Crippen LogP contribution in [0.5, 0.6) is 0 Å². The molecule has 0 saturated heterocycles. The van der Waals surface area contributed by atoms with Crippen molar-refractivity contribution in [1.82, 2.24) is 9.97 Å². The van der Waals surface area contributed by atoms with E-state index in [1.54, 1.807) is 0 Å². The van der Waals surface area contributed by atoms with E-state index in [2.05, 4.69) is 15.1 Å². The van der Waals surface area contributed by atoms with Gasteiger partial charge in [0.1, 0.15) is 6.33 Å². The third-order valence-electron chi connectivity index (χ3n) is 0.805. The highest BCUT2D eigenvalue weighted by atomic mass is 16.3. The van der Waals surface area contributed by atoms with Gasteiger partial charge in [-0.05, 0) is 5.18 Å². The first-order valence-electron chi connectivity index (χ1n) is 2.23. The molecule has 0 unspecified atom stereocenters. The maximum Gasteiger partial charge on any atom is 0.222 e. The zero-order chi connectivity index (χ0) is 6.69. The molecule has 0 aliphatic heterocycles. The number of anilines is 1. The maximum absolute atomic E-state index is 9.81. The summed E-state index contributed by atoms with van der Waals surface area (Å²) in [5.41, 5.74) is 5.41. The Hall–Kier alpha value is -1.52. The van der Waals surface area contributed by atoms with Crippen LogP contribution in [0.4, 0.5) is 11.5 Å². The van der Waals surface area contributed by atoms with Gasteiger partial charge in [-0.2, -0.15) is 0 Å². The summed E-state index contributed by atoms with van der Waals surface area (Å²) in [5.74, 6) is -0.00926. The summed E-state index contributed by atoms with van der Waals surface area (Å²) in [6.45, 7) is 0. The van der Waals surface area contributed by atoms with Crippen LogP contribution in [-0.2, 0) is 0 Å². The average Bonchev–Trinajstić information content (AvgIpc) is 1.89. The highest BCUT2D eigenvalue weighted by Gasteiger charge is 1.95. The van der Waals surface area contributed by atoms with Gasteiger partial charge >= 0.3 is 0 Å². The number of hydrogen-bond acceptors (Lipinski definition) is 5. The smallest absolute Gasteiger partial charge is 0.222 e. The summed E-state index contributed by atoms with van der Waals surface area (Å²) in [5, 5.41) is 2.54. The Morgan fingerprint density at radius 1 is 1.67 bits per heavy atom. The highest BCUT2D eigenvalue weighted by Crippen LogP contribution is 2.13. The van der Waals surface area contributed by atoms with Crippen molar-refractivity contribution >= 4 is 11.5 Å². The molecule has 1 aromatic heterocycles. The molecule has 0 amide bonds. The highest BCUT2D eigenvalue weighted by molar-refractivity contribution is 5.54. The lowest BCUT2D eigenvalue weighted by atomic mass is 10.5. The first kappa shape index (κ1) is 5.61. The van der Waals surface area contributed by atoms with Crippen LogP contribution in [0.15, 0.2) is 17.7 Å². The Bertz CT molecular complexity index is 224. The van der Waals surface area contributed by atoms with Crippen molar-refractivity contribution in [2.45, 2.75) is 0 Å². The van der Waals surface area contributed by atoms with Crippen LogP contribution in [0.1, 0.15) is 0 Å². The van der Waals surface area contributed by atoms with Crippen molar-refractivity contribution in [3.05, 3.63) is 17.4 Å². The summed E-state index contributed by atoms with van der Waals surface area (Å²) in [4.78, 5) is 16.8. The first-order valence-corrected chi connectivity index (χ1v) is 2.23. The van der Waals surface area contributed by atoms with E-state index in [-0.39, 0.29) is 11.5 Å². The van der Waals surface area contributed by atoms with Crippen LogP contribution in [-0.4, -0.2) is 9.97 Å². The molecule has 0 aliphatic carbocycles. The molecule has 1 aromatic rings. The van der Waals surface area contributed by atoms with E-state index in [9.17, 15) is 4.91 Å². The van der Waals surface area contributed by atoms with Gasteiger partial charge in [-0.15, -0.1) is 4.91 Å². The fraction of sp³-hybridized carbons (Fsp3) is 0. The molecule has 2 N–H and O–H groups in total. The summed E-state index contributed by atoms with van der Waals surface area (Å²) in [6.07, 6.45) is 2.54. The molecule has 0 radical (unpaired) electrons. The van der Waals surface area contributed by atoms with Gasteiger partial charge in [0.25, 0.3) is 0 Å². The lowest BCUT2D eigenvalue weighted by Gasteiger charge is -1.89. The molecular formula is C4H4N4O. The second-order valence-electron chi connectivity index (χ2n) is 1.39. The quantitative estimate of drug-likeness (QED) is 0.551. The normalized spacial score (nSPS) is 8.89. The van der Waals surface area contributed by atoms with Crippen LogP contribution in [0.2, 0.25) is 0 Å². The standard InChI is InChI=1S/C4H4N4O/c5-3-1-6-2-7-4(3)8-9/h1-2H,5H2. The van der Waals surface area contributed by atoms with Gasteiger partial charge in [0, 0.05) is 0 Å². The minimum absolute atomic E-state index is 0.00926. The summed E-state index contributed by atoms with van der Waals surface area (Å²) in [7, 11) is 0. The van der Waals surface area contributed by atoms with Gasteiger partial charge in [0.15, 0.2) is 0 Å². The van der Waals surface area contributed by atoms with Gasteiger partial charge < -0.3 is 5.73 Å². The molecule has 0 aliphatic rings. The zero-order valence-corrected chi connectivity index (χ0v) is 4.48. The van der Waals surface area contributed by atoms with Crippen molar-refractivity contribution in [2.24, 2.45) is 5.18 Å². The van der Waals surface area contributed by atoms with E-state index >= 15 is 0 Å². The Morgan fingerprint density at radius 2 is 2.44 bits per heavy atom. The minimum atomic E-state index is -0.00926. The van der Waals surface area contributed by atoms with Crippen molar-refractivity contribution in [3.8, 4) is 0 Å². The Balaban J connectivity index is 3.15. The van der Waals surface area contributed by atoms with Crippen LogP contribution in [0, 0.1) is 4.91 Å². The molecule has 0 bridgehead atoms. The first-order chi connectivity index (χ1) is 4.34. The molecule has 9 heavy (non-hydrogen) atoms. The summed E-state index contributed by atoms with van der Waals surface area (Å²) >= 11 is 0. The number of hydrogen-bond donors (Lipinski definition) is 1. The van der Waals surface area contributed by atoms with Gasteiger partial charge in [0.2, 0.25) is 5.82 Å². The van der Waals surface area contributed by atoms with Gasteiger partial charge in [0.05, 0.1) is 11.9 Å². The SMILES string of the molecule is Nc1cncnc1N=O. The topological polar surface area (TPSA) is 81.2 Å². The van der Waals surface area contributed by atoms with Gasteiger partial charge in [-0.3, -0.25) is 0 Å². The maximum atomic E-state index is 9.81. The molecule has 0 saturated carbocycles. The third-order valence-corrected chi connectivity index (χ3v) is 0.805. The van der Waals surface area contributed by atoms with E-state index in [1.165, 1.54) is 12.5 Å². The molecule has 1 rings (SSSR count). The molecule has 0 fully saturated rings. The van der Waals surface area contributed by atoms with E-state index in [4.69, 9.17) is 5.73 Å². The number of nitrogens with two attached hydrogens (primary N) is 1. The molecule has 0 spiro atoms. The van der Waals surface area contributed by atoms with Crippen LogP contribution in [0.25, 0.3) is 0 Å².